The van der Waals surface area contributed by atoms with Crippen molar-refractivity contribution in [3.8, 4) is 0 Å². The summed E-state index contributed by atoms with van der Waals surface area (Å²) in [5, 5.41) is 0. The lowest BCUT2D eigenvalue weighted by Crippen LogP contribution is -2.25. The van der Waals surface area contributed by atoms with Crippen LogP contribution in [0.4, 0.5) is 0 Å². The Labute approximate surface area is 218 Å². The summed E-state index contributed by atoms with van der Waals surface area (Å²) >= 11 is 0. The summed E-state index contributed by atoms with van der Waals surface area (Å²) in [6.45, 7) is 14.9. The van der Waals surface area contributed by atoms with Crippen LogP contribution in [-0.2, 0) is 13.1 Å². The summed E-state index contributed by atoms with van der Waals surface area (Å²) in [5.41, 5.74) is 6.01. The Morgan fingerprint density at radius 2 is 0.941 bits per heavy atom. The van der Waals surface area contributed by atoms with Crippen LogP contribution < -0.4 is 0 Å². The van der Waals surface area contributed by atoms with Gasteiger partial charge in [-0.3, -0.25) is 4.90 Å². The van der Waals surface area contributed by atoms with Crippen LogP contribution in [0.15, 0.2) is 48.5 Å². The molecule has 0 aliphatic rings. The molecule has 2 heteroatoms. The van der Waals surface area contributed by atoms with E-state index in [9.17, 15) is 0 Å². The third-order valence-corrected chi connectivity index (χ3v) is 6.97. The smallest absolute Gasteiger partial charge is 0.0240 e. The lowest BCUT2D eigenvalue weighted by atomic mass is 9.95. The molecule has 0 aliphatic carbocycles. The Morgan fingerprint density at radius 3 is 1.35 bits per heavy atom. The second kappa shape index (κ2) is 18.0. The van der Waals surface area contributed by atoms with Crippen molar-refractivity contribution in [2.24, 2.45) is 0 Å². The molecule has 0 aromatic heterocycles. The van der Waals surface area contributed by atoms with Gasteiger partial charge in [-0.1, -0.05) is 141 Å². The summed E-state index contributed by atoms with van der Waals surface area (Å²) in [6.07, 6.45) is 14.0. The molecule has 0 bridgehead atoms. The van der Waals surface area contributed by atoms with Crippen molar-refractivity contribution >= 4 is 12.4 Å². The quantitative estimate of drug-likeness (QED) is 0.201. The van der Waals surface area contributed by atoms with Crippen molar-refractivity contribution in [2.75, 3.05) is 6.54 Å². The van der Waals surface area contributed by atoms with E-state index < -0.39 is 0 Å². The van der Waals surface area contributed by atoms with Crippen molar-refractivity contribution in [2.45, 2.75) is 124 Å². The summed E-state index contributed by atoms with van der Waals surface area (Å²) < 4.78 is 0. The van der Waals surface area contributed by atoms with Gasteiger partial charge in [-0.15, -0.1) is 12.4 Å². The average Bonchev–Trinajstić information content (AvgIpc) is 2.80. The molecule has 0 spiro atoms. The van der Waals surface area contributed by atoms with Gasteiger partial charge in [0, 0.05) is 13.1 Å². The summed E-state index contributed by atoms with van der Waals surface area (Å²) in [4.78, 5) is 2.70. The van der Waals surface area contributed by atoms with Crippen LogP contribution in [0.3, 0.4) is 0 Å². The first kappa shape index (κ1) is 30.7. The normalized spacial score (nSPS) is 11.4. The predicted molar refractivity (Wildman–Crippen MR) is 154 cm³/mol. The van der Waals surface area contributed by atoms with Crippen LogP contribution in [0, 0.1) is 0 Å². The Balaban J connectivity index is 0.00000578. The first-order valence-corrected chi connectivity index (χ1v) is 13.9. The maximum Gasteiger partial charge on any atom is 0.0240 e. The fourth-order valence-electron chi connectivity index (χ4n) is 5.00. The van der Waals surface area contributed by atoms with E-state index in [1.54, 1.807) is 0 Å². The fraction of sp³-hybridized carbons (Fsp3) is 0.625. The molecule has 0 saturated carbocycles. The van der Waals surface area contributed by atoms with Gasteiger partial charge in [0.1, 0.15) is 0 Å². The van der Waals surface area contributed by atoms with Crippen molar-refractivity contribution < 1.29 is 0 Å². The molecule has 1 nitrogen and oxygen atoms in total. The zero-order valence-electron chi connectivity index (χ0n) is 22.8. The van der Waals surface area contributed by atoms with Crippen LogP contribution in [0.25, 0.3) is 0 Å². The molecule has 2 aromatic carbocycles. The third kappa shape index (κ3) is 11.4. The van der Waals surface area contributed by atoms with E-state index in [0.29, 0.717) is 11.8 Å². The van der Waals surface area contributed by atoms with Gasteiger partial charge in [0.15, 0.2) is 0 Å². The molecular weight excluding hydrogens is 434 g/mol. The molecule has 0 radical (unpaired) electrons. The third-order valence-electron chi connectivity index (χ3n) is 6.97. The zero-order valence-corrected chi connectivity index (χ0v) is 23.6. The van der Waals surface area contributed by atoms with Crippen molar-refractivity contribution in [1.29, 1.82) is 0 Å². The summed E-state index contributed by atoms with van der Waals surface area (Å²) in [6, 6.07) is 18.1. The highest BCUT2D eigenvalue weighted by Crippen LogP contribution is 2.25. The molecule has 0 saturated heterocycles. The molecule has 0 fully saturated rings. The highest BCUT2D eigenvalue weighted by Gasteiger charge is 2.14. The lowest BCUT2D eigenvalue weighted by molar-refractivity contribution is 0.248. The van der Waals surface area contributed by atoms with Gasteiger partial charge in [0.25, 0.3) is 0 Å². The molecule has 2 rings (SSSR count). The molecule has 2 aromatic rings. The maximum absolute atomic E-state index is 2.70. The van der Waals surface area contributed by atoms with Gasteiger partial charge >= 0.3 is 0 Å². The Bertz CT molecular complexity index is 714. The van der Waals surface area contributed by atoms with Crippen LogP contribution in [0.5, 0.6) is 0 Å². The molecular formula is C32H52ClN. The summed E-state index contributed by atoms with van der Waals surface area (Å²) in [5.74, 6) is 1.15. The highest BCUT2D eigenvalue weighted by atomic mass is 35.5. The fourth-order valence-corrected chi connectivity index (χ4v) is 5.00. The average molecular weight is 486 g/mol. The highest BCUT2D eigenvalue weighted by molar-refractivity contribution is 5.85. The molecule has 0 heterocycles. The van der Waals surface area contributed by atoms with E-state index in [1.807, 2.05) is 0 Å². The Morgan fingerprint density at radius 1 is 0.559 bits per heavy atom. The van der Waals surface area contributed by atoms with E-state index in [-0.39, 0.29) is 12.4 Å². The second-order valence-corrected chi connectivity index (χ2v) is 10.6. The monoisotopic (exact) mass is 485 g/mol. The Hall–Kier alpha value is -1.31. The van der Waals surface area contributed by atoms with Gasteiger partial charge in [-0.25, -0.2) is 0 Å². The van der Waals surface area contributed by atoms with Gasteiger partial charge in [0.05, 0.1) is 0 Å². The minimum atomic E-state index is 0. The topological polar surface area (TPSA) is 3.24 Å². The molecule has 34 heavy (non-hydrogen) atoms. The van der Waals surface area contributed by atoms with Crippen molar-refractivity contribution in [3.63, 3.8) is 0 Å². The molecule has 0 N–H and O–H groups in total. The standard InChI is InChI=1S/C32H51N.ClH/c1-6-7-8-9-10-11-12-13-14-19-24-33(25-29-20-15-17-22-31(29)27(2)3)26-30-21-16-18-23-32(30)28(4)5;/h15-18,20-23,27-28H,6-14,19,24-26H2,1-5H3;1H. The zero-order chi connectivity index (χ0) is 23.9. The van der Waals surface area contributed by atoms with Crippen LogP contribution >= 0.6 is 12.4 Å². The lowest BCUT2D eigenvalue weighted by Gasteiger charge is -2.26. The number of hydrogen-bond acceptors (Lipinski definition) is 1. The molecule has 192 valence electrons. The first-order valence-electron chi connectivity index (χ1n) is 13.9. The number of nitrogens with zero attached hydrogens (tertiary/aromatic N) is 1. The Kier molecular flexibility index (Phi) is 16.3. The van der Waals surface area contributed by atoms with Gasteiger partial charge in [-0.2, -0.15) is 0 Å². The van der Waals surface area contributed by atoms with Crippen LogP contribution in [-0.4, -0.2) is 11.4 Å². The number of halogens is 1. The van der Waals surface area contributed by atoms with E-state index in [2.05, 4.69) is 88.0 Å². The SMILES string of the molecule is CCCCCCCCCCCCN(Cc1ccccc1C(C)C)Cc1ccccc1C(C)C.Cl. The number of benzene rings is 2. The number of rotatable bonds is 17. The largest absolute Gasteiger partial charge is 0.295 e. The van der Waals surface area contributed by atoms with E-state index >= 15 is 0 Å². The van der Waals surface area contributed by atoms with Gasteiger partial charge < -0.3 is 0 Å². The van der Waals surface area contributed by atoms with E-state index in [1.165, 1.54) is 93.0 Å². The molecule has 0 amide bonds. The minimum absolute atomic E-state index is 0. The molecule has 0 aliphatic heterocycles. The predicted octanol–water partition coefficient (Wildman–Crippen LogP) is 10.3. The van der Waals surface area contributed by atoms with Gasteiger partial charge in [-0.05, 0) is 47.1 Å². The maximum atomic E-state index is 2.70. The van der Waals surface area contributed by atoms with Crippen molar-refractivity contribution in [3.05, 3.63) is 70.8 Å². The first-order chi connectivity index (χ1) is 16.0. The van der Waals surface area contributed by atoms with Crippen LogP contribution in [0.1, 0.15) is 133 Å². The van der Waals surface area contributed by atoms with Crippen molar-refractivity contribution in [1.82, 2.24) is 4.90 Å². The van der Waals surface area contributed by atoms with Crippen LogP contribution in [0.2, 0.25) is 0 Å². The molecule has 0 atom stereocenters. The number of hydrogen-bond donors (Lipinski definition) is 0. The second-order valence-electron chi connectivity index (χ2n) is 10.6. The molecule has 0 unspecified atom stereocenters. The summed E-state index contributed by atoms with van der Waals surface area (Å²) in [7, 11) is 0. The van der Waals surface area contributed by atoms with E-state index in [0.717, 1.165) is 13.1 Å². The van der Waals surface area contributed by atoms with Gasteiger partial charge in [0.2, 0.25) is 0 Å². The number of unbranched alkanes of at least 4 members (excludes halogenated alkanes) is 9. The van der Waals surface area contributed by atoms with E-state index in [4.69, 9.17) is 0 Å². The minimum Gasteiger partial charge on any atom is -0.295 e.